The maximum absolute atomic E-state index is 11.3. The summed E-state index contributed by atoms with van der Waals surface area (Å²) in [7, 11) is 0. The van der Waals surface area contributed by atoms with E-state index in [2.05, 4.69) is 11.0 Å². The zero-order valence-electron chi connectivity index (χ0n) is 10.2. The zero-order valence-corrected chi connectivity index (χ0v) is 10.2. The lowest BCUT2D eigenvalue weighted by Crippen LogP contribution is -2.43. The van der Waals surface area contributed by atoms with E-state index < -0.39 is 5.97 Å². The minimum Gasteiger partial charge on any atom is -0.480 e. The largest absolute Gasteiger partial charge is 0.480 e. The molecule has 0 radical (unpaired) electrons. The SMILES string of the molecule is N#CCC1(CN2CCCCCC2C(=O)O)CC1. The lowest BCUT2D eigenvalue weighted by Gasteiger charge is -2.30. The number of carbonyl (C=O) groups is 1. The van der Waals surface area contributed by atoms with Gasteiger partial charge in [0.1, 0.15) is 6.04 Å². The molecule has 4 nitrogen and oxygen atoms in total. The van der Waals surface area contributed by atoms with Crippen LogP contribution in [0.5, 0.6) is 0 Å². The van der Waals surface area contributed by atoms with E-state index in [1.54, 1.807) is 0 Å². The van der Waals surface area contributed by atoms with Crippen molar-refractivity contribution < 1.29 is 9.90 Å². The van der Waals surface area contributed by atoms with Crippen LogP contribution < -0.4 is 0 Å². The molecule has 1 atom stereocenters. The van der Waals surface area contributed by atoms with Gasteiger partial charge in [-0.25, -0.2) is 0 Å². The normalized spacial score (nSPS) is 28.1. The molecule has 94 valence electrons. The number of rotatable bonds is 4. The Morgan fingerprint density at radius 3 is 2.76 bits per heavy atom. The van der Waals surface area contributed by atoms with Gasteiger partial charge in [-0.2, -0.15) is 5.26 Å². The fourth-order valence-electron chi connectivity index (χ4n) is 2.80. The van der Waals surface area contributed by atoms with Gasteiger partial charge in [0, 0.05) is 13.0 Å². The Kier molecular flexibility index (Phi) is 3.68. The maximum Gasteiger partial charge on any atom is 0.320 e. The Labute approximate surface area is 102 Å². The first-order chi connectivity index (χ1) is 8.17. The molecule has 0 amide bonds. The average Bonchev–Trinajstić information content (AvgIpc) is 3.04. The van der Waals surface area contributed by atoms with Gasteiger partial charge >= 0.3 is 5.97 Å². The molecule has 2 fully saturated rings. The summed E-state index contributed by atoms with van der Waals surface area (Å²) in [6.45, 7) is 1.68. The first-order valence-corrected chi connectivity index (χ1v) is 6.51. The van der Waals surface area contributed by atoms with Gasteiger partial charge in [-0.15, -0.1) is 0 Å². The van der Waals surface area contributed by atoms with Gasteiger partial charge in [0.25, 0.3) is 0 Å². The van der Waals surface area contributed by atoms with Gasteiger partial charge in [0.05, 0.1) is 6.07 Å². The summed E-state index contributed by atoms with van der Waals surface area (Å²) in [6, 6.07) is 1.92. The Morgan fingerprint density at radius 2 is 2.18 bits per heavy atom. The molecule has 4 heteroatoms. The number of carboxylic acids is 1. The van der Waals surface area contributed by atoms with Gasteiger partial charge in [0.15, 0.2) is 0 Å². The van der Waals surface area contributed by atoms with Gasteiger partial charge in [0.2, 0.25) is 0 Å². The second-order valence-corrected chi connectivity index (χ2v) is 5.51. The van der Waals surface area contributed by atoms with Crippen molar-refractivity contribution in [2.45, 2.75) is 51.0 Å². The molecule has 2 aliphatic rings. The minimum absolute atomic E-state index is 0.118. The van der Waals surface area contributed by atoms with Crippen LogP contribution in [0.15, 0.2) is 0 Å². The second kappa shape index (κ2) is 5.05. The van der Waals surface area contributed by atoms with Crippen LogP contribution in [0.2, 0.25) is 0 Å². The van der Waals surface area contributed by atoms with Crippen molar-refractivity contribution in [2.75, 3.05) is 13.1 Å². The monoisotopic (exact) mass is 236 g/mol. The summed E-state index contributed by atoms with van der Waals surface area (Å²) < 4.78 is 0. The molecule has 1 N–H and O–H groups in total. The van der Waals surface area contributed by atoms with Crippen molar-refractivity contribution in [2.24, 2.45) is 5.41 Å². The van der Waals surface area contributed by atoms with Crippen LogP contribution in [-0.4, -0.2) is 35.1 Å². The summed E-state index contributed by atoms with van der Waals surface area (Å²) in [4.78, 5) is 13.4. The number of nitriles is 1. The highest BCUT2D eigenvalue weighted by atomic mass is 16.4. The molecule has 1 heterocycles. The van der Waals surface area contributed by atoms with E-state index in [4.69, 9.17) is 5.26 Å². The number of aliphatic carboxylic acids is 1. The summed E-state index contributed by atoms with van der Waals surface area (Å²) >= 11 is 0. The van der Waals surface area contributed by atoms with Crippen molar-refractivity contribution in [3.63, 3.8) is 0 Å². The average molecular weight is 236 g/mol. The van der Waals surface area contributed by atoms with Gasteiger partial charge in [-0.1, -0.05) is 12.8 Å². The molecule has 1 aliphatic carbocycles. The molecule has 17 heavy (non-hydrogen) atoms. The van der Waals surface area contributed by atoms with Crippen LogP contribution in [0.3, 0.4) is 0 Å². The fraction of sp³-hybridized carbons (Fsp3) is 0.846. The molecule has 0 aromatic carbocycles. The van der Waals surface area contributed by atoms with E-state index in [0.717, 1.165) is 51.6 Å². The summed E-state index contributed by atoms with van der Waals surface area (Å²) in [5.41, 5.74) is 0.118. The van der Waals surface area contributed by atoms with E-state index in [9.17, 15) is 9.90 Å². The Balaban J connectivity index is 2.00. The molecule has 2 rings (SSSR count). The predicted molar refractivity (Wildman–Crippen MR) is 63.4 cm³/mol. The van der Waals surface area contributed by atoms with E-state index in [1.165, 1.54) is 0 Å². The third-order valence-electron chi connectivity index (χ3n) is 4.10. The molecular formula is C13H20N2O2. The van der Waals surface area contributed by atoms with Crippen LogP contribution in [0, 0.1) is 16.7 Å². The number of nitrogens with zero attached hydrogens (tertiary/aromatic N) is 2. The summed E-state index contributed by atoms with van der Waals surface area (Å²) in [6.07, 6.45) is 6.75. The number of hydrogen-bond acceptors (Lipinski definition) is 3. The molecule has 0 aromatic heterocycles. The quantitative estimate of drug-likeness (QED) is 0.811. The lowest BCUT2D eigenvalue weighted by atomic mass is 10.0. The second-order valence-electron chi connectivity index (χ2n) is 5.51. The van der Waals surface area contributed by atoms with Gasteiger partial charge in [-0.3, -0.25) is 9.69 Å². The van der Waals surface area contributed by atoms with E-state index in [-0.39, 0.29) is 11.5 Å². The highest BCUT2D eigenvalue weighted by Crippen LogP contribution is 2.49. The third kappa shape index (κ3) is 2.98. The standard InChI is InChI=1S/C13H20N2O2/c14-8-7-13(5-6-13)10-15-9-3-1-2-4-11(15)12(16)17/h11H,1-7,9-10H2,(H,16,17). The van der Waals surface area contributed by atoms with Gasteiger partial charge in [-0.05, 0) is 37.6 Å². The Morgan fingerprint density at radius 1 is 1.41 bits per heavy atom. The summed E-state index contributed by atoms with van der Waals surface area (Å²) in [5, 5.41) is 18.1. The topological polar surface area (TPSA) is 64.3 Å². The molecular weight excluding hydrogens is 216 g/mol. The molecule has 0 bridgehead atoms. The molecule has 0 spiro atoms. The van der Waals surface area contributed by atoms with Crippen LogP contribution in [0.4, 0.5) is 0 Å². The smallest absolute Gasteiger partial charge is 0.320 e. The fourth-order valence-corrected chi connectivity index (χ4v) is 2.80. The molecule has 1 saturated heterocycles. The van der Waals surface area contributed by atoms with E-state index in [1.807, 2.05) is 0 Å². The molecule has 1 aliphatic heterocycles. The predicted octanol–water partition coefficient (Wildman–Crippen LogP) is 2.01. The van der Waals surface area contributed by atoms with E-state index >= 15 is 0 Å². The van der Waals surface area contributed by atoms with Crippen molar-refractivity contribution in [1.82, 2.24) is 4.90 Å². The number of hydrogen-bond donors (Lipinski definition) is 1. The summed E-state index contributed by atoms with van der Waals surface area (Å²) in [5.74, 6) is -0.695. The minimum atomic E-state index is -0.695. The van der Waals surface area contributed by atoms with Crippen molar-refractivity contribution in [3.05, 3.63) is 0 Å². The van der Waals surface area contributed by atoms with Gasteiger partial charge < -0.3 is 5.11 Å². The highest BCUT2D eigenvalue weighted by Gasteiger charge is 2.45. The number of carboxylic acid groups (broad SMARTS) is 1. The molecule has 1 saturated carbocycles. The zero-order chi connectivity index (χ0) is 12.3. The first-order valence-electron chi connectivity index (χ1n) is 6.51. The molecule has 0 aromatic rings. The maximum atomic E-state index is 11.3. The first kappa shape index (κ1) is 12.4. The van der Waals surface area contributed by atoms with Crippen LogP contribution >= 0.6 is 0 Å². The van der Waals surface area contributed by atoms with Crippen LogP contribution in [-0.2, 0) is 4.79 Å². The van der Waals surface area contributed by atoms with Crippen molar-refractivity contribution in [1.29, 1.82) is 5.26 Å². The van der Waals surface area contributed by atoms with Crippen molar-refractivity contribution in [3.8, 4) is 6.07 Å². The highest BCUT2D eigenvalue weighted by molar-refractivity contribution is 5.73. The Hall–Kier alpha value is -1.08. The van der Waals surface area contributed by atoms with Crippen molar-refractivity contribution >= 4 is 5.97 Å². The number of likely N-dealkylation sites (tertiary alicyclic amines) is 1. The lowest BCUT2D eigenvalue weighted by molar-refractivity contribution is -0.143. The third-order valence-corrected chi connectivity index (χ3v) is 4.10. The molecule has 1 unspecified atom stereocenters. The Bertz CT molecular complexity index is 331. The van der Waals surface area contributed by atoms with Crippen LogP contribution in [0.25, 0.3) is 0 Å². The van der Waals surface area contributed by atoms with E-state index in [0.29, 0.717) is 6.42 Å². The van der Waals surface area contributed by atoms with Crippen LogP contribution in [0.1, 0.15) is 44.9 Å².